The standard InChI is InChI=1S/C14H21ClN2O2S.ClH/c1-11-12(15)4-3-5-13(11)20(18,19)17-10-14(2)6-8-16-9-7-14;/h3-5,16-17H,6-10H2,1-2H3;1H. The van der Waals surface area contributed by atoms with E-state index in [2.05, 4.69) is 17.0 Å². The van der Waals surface area contributed by atoms with Gasteiger partial charge in [-0.25, -0.2) is 13.1 Å². The molecular formula is C14H22Cl2N2O2S. The lowest BCUT2D eigenvalue weighted by molar-refractivity contribution is 0.232. The van der Waals surface area contributed by atoms with Gasteiger partial charge >= 0.3 is 0 Å². The van der Waals surface area contributed by atoms with Gasteiger partial charge < -0.3 is 5.32 Å². The van der Waals surface area contributed by atoms with Gasteiger partial charge in [0.05, 0.1) is 4.90 Å². The molecule has 1 saturated heterocycles. The summed E-state index contributed by atoms with van der Waals surface area (Å²) < 4.78 is 27.5. The molecule has 1 heterocycles. The Hall–Kier alpha value is -0.330. The first-order valence-corrected chi connectivity index (χ1v) is 8.66. The molecule has 120 valence electrons. The smallest absolute Gasteiger partial charge is 0.240 e. The van der Waals surface area contributed by atoms with Gasteiger partial charge in [0.2, 0.25) is 10.0 Å². The lowest BCUT2D eigenvalue weighted by Crippen LogP contribution is -2.42. The van der Waals surface area contributed by atoms with Gasteiger partial charge in [0.1, 0.15) is 0 Å². The van der Waals surface area contributed by atoms with Gasteiger partial charge in [0.15, 0.2) is 0 Å². The molecule has 1 aromatic rings. The van der Waals surface area contributed by atoms with Crippen LogP contribution in [-0.2, 0) is 10.0 Å². The molecule has 2 N–H and O–H groups in total. The van der Waals surface area contributed by atoms with Gasteiger partial charge in [-0.1, -0.05) is 24.6 Å². The molecule has 2 rings (SSSR count). The average Bonchev–Trinajstić information content (AvgIpc) is 2.41. The molecule has 21 heavy (non-hydrogen) atoms. The molecule has 0 radical (unpaired) electrons. The zero-order valence-corrected chi connectivity index (χ0v) is 14.7. The van der Waals surface area contributed by atoms with E-state index in [1.165, 1.54) is 0 Å². The Morgan fingerprint density at radius 2 is 1.95 bits per heavy atom. The molecule has 0 aliphatic carbocycles. The minimum Gasteiger partial charge on any atom is -0.317 e. The summed E-state index contributed by atoms with van der Waals surface area (Å²) in [7, 11) is -3.51. The lowest BCUT2D eigenvalue weighted by atomic mass is 9.81. The summed E-state index contributed by atoms with van der Waals surface area (Å²) >= 11 is 6.00. The number of rotatable bonds is 4. The maximum Gasteiger partial charge on any atom is 0.240 e. The molecule has 0 unspecified atom stereocenters. The third-order valence-corrected chi connectivity index (χ3v) is 5.96. The molecule has 1 aromatic carbocycles. The van der Waals surface area contributed by atoms with E-state index in [-0.39, 0.29) is 22.7 Å². The largest absolute Gasteiger partial charge is 0.317 e. The van der Waals surface area contributed by atoms with E-state index < -0.39 is 10.0 Å². The zero-order valence-electron chi connectivity index (χ0n) is 12.3. The molecule has 0 amide bonds. The zero-order chi connectivity index (χ0) is 14.8. The number of hydrogen-bond acceptors (Lipinski definition) is 3. The highest BCUT2D eigenvalue weighted by atomic mass is 35.5. The molecule has 7 heteroatoms. The Morgan fingerprint density at radius 3 is 2.57 bits per heavy atom. The van der Waals surface area contributed by atoms with Crippen LogP contribution in [0.3, 0.4) is 0 Å². The van der Waals surface area contributed by atoms with Crippen molar-refractivity contribution in [2.75, 3.05) is 19.6 Å². The van der Waals surface area contributed by atoms with Crippen molar-refractivity contribution in [2.24, 2.45) is 5.41 Å². The van der Waals surface area contributed by atoms with E-state index in [9.17, 15) is 8.42 Å². The van der Waals surface area contributed by atoms with Crippen LogP contribution in [0.5, 0.6) is 0 Å². The SMILES string of the molecule is Cc1c(Cl)cccc1S(=O)(=O)NCC1(C)CCNCC1.Cl. The van der Waals surface area contributed by atoms with Crippen LogP contribution in [0.2, 0.25) is 5.02 Å². The van der Waals surface area contributed by atoms with Crippen LogP contribution in [0.25, 0.3) is 0 Å². The molecular weight excluding hydrogens is 331 g/mol. The summed E-state index contributed by atoms with van der Waals surface area (Å²) in [4.78, 5) is 0.266. The highest BCUT2D eigenvalue weighted by molar-refractivity contribution is 7.89. The molecule has 0 bridgehead atoms. The van der Waals surface area contributed by atoms with Crippen LogP contribution in [0.1, 0.15) is 25.3 Å². The fourth-order valence-electron chi connectivity index (χ4n) is 2.43. The van der Waals surface area contributed by atoms with Crippen molar-refractivity contribution in [2.45, 2.75) is 31.6 Å². The van der Waals surface area contributed by atoms with E-state index in [0.29, 0.717) is 17.1 Å². The van der Waals surface area contributed by atoms with Crippen molar-refractivity contribution >= 4 is 34.0 Å². The average molecular weight is 353 g/mol. The first-order valence-electron chi connectivity index (χ1n) is 6.80. The fourth-order valence-corrected chi connectivity index (χ4v) is 4.13. The minimum atomic E-state index is -3.51. The van der Waals surface area contributed by atoms with Crippen LogP contribution < -0.4 is 10.0 Å². The Balaban J connectivity index is 0.00000220. The van der Waals surface area contributed by atoms with Crippen LogP contribution in [0.4, 0.5) is 0 Å². The summed E-state index contributed by atoms with van der Waals surface area (Å²) in [6.07, 6.45) is 1.95. The lowest BCUT2D eigenvalue weighted by Gasteiger charge is -2.34. The number of hydrogen-bond donors (Lipinski definition) is 2. The minimum absolute atomic E-state index is 0. The highest BCUT2D eigenvalue weighted by Gasteiger charge is 2.29. The third kappa shape index (κ3) is 4.57. The summed E-state index contributed by atoms with van der Waals surface area (Å²) in [6, 6.07) is 4.95. The molecule has 1 fully saturated rings. The van der Waals surface area contributed by atoms with Crippen molar-refractivity contribution in [1.29, 1.82) is 0 Å². The predicted molar refractivity (Wildman–Crippen MR) is 88.8 cm³/mol. The summed E-state index contributed by atoms with van der Waals surface area (Å²) in [5.74, 6) is 0. The van der Waals surface area contributed by atoms with Crippen LogP contribution in [0.15, 0.2) is 23.1 Å². The molecule has 4 nitrogen and oxygen atoms in total. The summed E-state index contributed by atoms with van der Waals surface area (Å²) in [5, 5.41) is 3.76. The monoisotopic (exact) mass is 352 g/mol. The van der Waals surface area contributed by atoms with E-state index >= 15 is 0 Å². The summed E-state index contributed by atoms with van der Waals surface area (Å²) in [5.41, 5.74) is 0.613. The van der Waals surface area contributed by atoms with Gasteiger partial charge in [-0.05, 0) is 56.0 Å². The van der Waals surface area contributed by atoms with E-state index in [1.807, 2.05) is 0 Å². The highest BCUT2D eigenvalue weighted by Crippen LogP contribution is 2.28. The van der Waals surface area contributed by atoms with Crippen molar-refractivity contribution in [3.05, 3.63) is 28.8 Å². The Bertz CT molecular complexity index is 585. The number of nitrogens with one attached hydrogen (secondary N) is 2. The topological polar surface area (TPSA) is 58.2 Å². The van der Waals surface area contributed by atoms with Crippen molar-refractivity contribution in [1.82, 2.24) is 10.0 Å². The van der Waals surface area contributed by atoms with Gasteiger partial charge in [0.25, 0.3) is 0 Å². The van der Waals surface area contributed by atoms with Gasteiger partial charge in [-0.2, -0.15) is 0 Å². The van der Waals surface area contributed by atoms with Crippen molar-refractivity contribution in [3.8, 4) is 0 Å². The van der Waals surface area contributed by atoms with Crippen molar-refractivity contribution in [3.63, 3.8) is 0 Å². The van der Waals surface area contributed by atoms with Crippen LogP contribution in [-0.4, -0.2) is 28.1 Å². The maximum absolute atomic E-state index is 12.4. The van der Waals surface area contributed by atoms with Crippen LogP contribution >= 0.6 is 24.0 Å². The Morgan fingerprint density at radius 1 is 1.33 bits per heavy atom. The number of piperidine rings is 1. The molecule has 0 spiro atoms. The van der Waals surface area contributed by atoms with Gasteiger partial charge in [-0.3, -0.25) is 0 Å². The second-order valence-corrected chi connectivity index (χ2v) is 7.89. The number of halogens is 2. The molecule has 0 atom stereocenters. The normalized spacial score (nSPS) is 18.0. The molecule has 0 aromatic heterocycles. The second kappa shape index (κ2) is 7.29. The third-order valence-electron chi connectivity index (χ3n) is 4.01. The Kier molecular flexibility index (Phi) is 6.50. The van der Waals surface area contributed by atoms with E-state index in [1.54, 1.807) is 25.1 Å². The van der Waals surface area contributed by atoms with E-state index in [0.717, 1.165) is 25.9 Å². The maximum atomic E-state index is 12.4. The van der Waals surface area contributed by atoms with Crippen molar-refractivity contribution < 1.29 is 8.42 Å². The van der Waals surface area contributed by atoms with E-state index in [4.69, 9.17) is 11.6 Å². The predicted octanol–water partition coefficient (Wildman–Crippen LogP) is 2.74. The Labute approximate surface area is 138 Å². The molecule has 1 aliphatic rings. The fraction of sp³-hybridized carbons (Fsp3) is 0.571. The number of benzene rings is 1. The molecule has 1 aliphatic heterocycles. The molecule has 0 saturated carbocycles. The van der Waals surface area contributed by atoms with Crippen LogP contribution in [0, 0.1) is 12.3 Å². The quantitative estimate of drug-likeness (QED) is 0.875. The van der Waals surface area contributed by atoms with Gasteiger partial charge in [-0.15, -0.1) is 12.4 Å². The first-order chi connectivity index (χ1) is 9.34. The van der Waals surface area contributed by atoms with Gasteiger partial charge in [0, 0.05) is 11.6 Å². The second-order valence-electron chi connectivity index (χ2n) is 5.75. The first kappa shape index (κ1) is 18.7. The summed E-state index contributed by atoms with van der Waals surface area (Å²) in [6.45, 7) is 6.19. The number of sulfonamides is 1.